The molecule has 0 spiro atoms. The van der Waals surface area contributed by atoms with Crippen LogP contribution in [0.3, 0.4) is 0 Å². The number of ether oxygens (including phenoxy) is 1. The first-order valence-electron chi connectivity index (χ1n) is 11.4. The molecule has 0 saturated heterocycles. The third-order valence-electron chi connectivity index (χ3n) is 5.78. The number of aliphatic imine (C=N–C) groups is 1. The summed E-state index contributed by atoms with van der Waals surface area (Å²) in [6, 6.07) is 11.3. The van der Waals surface area contributed by atoms with E-state index in [1.807, 2.05) is 0 Å². The van der Waals surface area contributed by atoms with Gasteiger partial charge in [-0.05, 0) is 30.3 Å². The molecule has 0 fully saturated rings. The first kappa shape index (κ1) is 26.7. The number of urea groups is 1. The van der Waals surface area contributed by atoms with E-state index < -0.39 is 47.7 Å². The monoisotopic (exact) mass is 563 g/mol. The predicted octanol–water partition coefficient (Wildman–Crippen LogP) is 7.89. The number of nitrogens with one attached hydrogen (secondary N) is 3. The summed E-state index contributed by atoms with van der Waals surface area (Å²) < 4.78 is 98.7. The smallest absolute Gasteiger partial charge is 0.431 e. The molecule has 1 aliphatic rings. The maximum Gasteiger partial charge on any atom is 0.431 e. The predicted molar refractivity (Wildman–Crippen MR) is 134 cm³/mol. The minimum Gasteiger partial charge on any atom is -0.454 e. The van der Waals surface area contributed by atoms with Crippen molar-refractivity contribution < 1.29 is 40.3 Å². The van der Waals surface area contributed by atoms with Gasteiger partial charge < -0.3 is 20.7 Å². The van der Waals surface area contributed by atoms with Crippen LogP contribution in [0.1, 0.15) is 5.56 Å². The Morgan fingerprint density at radius 1 is 0.850 bits per heavy atom. The number of alkyl halides is 6. The van der Waals surface area contributed by atoms with Crippen molar-refractivity contribution in [2.24, 2.45) is 4.99 Å². The Bertz CT molecular complexity index is 1650. The van der Waals surface area contributed by atoms with E-state index in [0.29, 0.717) is 29.0 Å². The van der Waals surface area contributed by atoms with Gasteiger partial charge in [-0.3, -0.25) is 0 Å². The molecule has 0 bridgehead atoms. The van der Waals surface area contributed by atoms with Gasteiger partial charge in [0.1, 0.15) is 23.0 Å². The highest BCUT2D eigenvalue weighted by atomic mass is 19.4. The molecule has 5 rings (SSSR count). The van der Waals surface area contributed by atoms with Crippen LogP contribution in [-0.2, 0) is 6.18 Å². The van der Waals surface area contributed by atoms with Crippen LogP contribution in [0.5, 0.6) is 11.5 Å². The Hall–Kier alpha value is -4.88. The highest BCUT2D eigenvalue weighted by Gasteiger charge is 2.38. The molecule has 0 aliphatic carbocycles. The van der Waals surface area contributed by atoms with E-state index in [1.165, 1.54) is 24.4 Å². The molecule has 2 amide bonds. The van der Waals surface area contributed by atoms with Gasteiger partial charge in [0, 0.05) is 23.0 Å². The van der Waals surface area contributed by atoms with Gasteiger partial charge in [0.05, 0.1) is 23.5 Å². The molecule has 1 aliphatic heterocycles. The first-order chi connectivity index (χ1) is 18.9. The molecule has 4 aromatic rings. The number of nitrogens with zero attached hydrogens (tertiary/aromatic N) is 2. The summed E-state index contributed by atoms with van der Waals surface area (Å²) >= 11 is 0. The van der Waals surface area contributed by atoms with Crippen LogP contribution in [0.4, 0.5) is 58.4 Å². The zero-order valence-corrected chi connectivity index (χ0v) is 19.9. The molecule has 7 nitrogen and oxygen atoms in total. The Morgan fingerprint density at radius 2 is 1.57 bits per heavy atom. The number of carbonyl (C=O) groups excluding carboxylic acids is 1. The summed E-state index contributed by atoms with van der Waals surface area (Å²) in [5.41, 5.74) is -2.81. The van der Waals surface area contributed by atoms with Crippen molar-refractivity contribution in [1.82, 2.24) is 4.98 Å². The number of fused-ring (bicyclic) bond motifs is 2. The average Bonchev–Trinajstić information content (AvgIpc) is 2.90. The number of halogens is 7. The zero-order chi connectivity index (χ0) is 28.7. The lowest BCUT2D eigenvalue weighted by Crippen LogP contribution is -2.32. The minimum absolute atomic E-state index is 0.0115. The van der Waals surface area contributed by atoms with Gasteiger partial charge in [-0.25, -0.2) is 19.2 Å². The Balaban J connectivity index is 1.43. The first-order valence-corrected chi connectivity index (χ1v) is 11.4. The maximum absolute atomic E-state index is 14.1. The Labute approximate surface area is 220 Å². The number of anilines is 3. The number of carbonyl (C=O) groups is 1. The molecule has 1 aromatic heterocycles. The second-order valence-electron chi connectivity index (χ2n) is 8.45. The van der Waals surface area contributed by atoms with E-state index in [2.05, 4.69) is 25.9 Å². The molecule has 3 N–H and O–H groups in total. The summed E-state index contributed by atoms with van der Waals surface area (Å²) in [4.78, 5) is 20.3. The van der Waals surface area contributed by atoms with Crippen LogP contribution in [-0.4, -0.2) is 29.4 Å². The normalized spacial score (nSPS) is 13.2. The van der Waals surface area contributed by atoms with E-state index in [1.54, 1.807) is 24.3 Å². The second-order valence-corrected chi connectivity index (χ2v) is 8.45. The number of hydrogen-bond acceptors (Lipinski definition) is 5. The fourth-order valence-electron chi connectivity index (χ4n) is 3.92. The summed E-state index contributed by atoms with van der Waals surface area (Å²) in [5.74, 6) is -0.773. The summed E-state index contributed by atoms with van der Waals surface area (Å²) in [7, 11) is 0. The van der Waals surface area contributed by atoms with Gasteiger partial charge in [-0.2, -0.15) is 26.3 Å². The Morgan fingerprint density at radius 3 is 2.30 bits per heavy atom. The second kappa shape index (κ2) is 10.0. The quantitative estimate of drug-likeness (QED) is 0.221. The standard InChI is InChI=1S/C26H16F7N5O2/c27-16-6-5-13(25(28,29)30)11-18(16)37-24(39)36-17-7-8-19(15-4-2-1-3-14(15)17)40-20-9-10-34-23-22(20)38-21(12-35-23)26(31,32)33/h1-11H,12H2,(H,34,35)(H2,36,37,39). The van der Waals surface area contributed by atoms with Crippen LogP contribution >= 0.6 is 0 Å². The van der Waals surface area contributed by atoms with Crippen molar-refractivity contribution in [3.8, 4) is 11.5 Å². The number of amides is 2. The van der Waals surface area contributed by atoms with Gasteiger partial charge in [0.25, 0.3) is 0 Å². The number of hydrogen-bond donors (Lipinski definition) is 3. The fourth-order valence-corrected chi connectivity index (χ4v) is 3.92. The molecule has 40 heavy (non-hydrogen) atoms. The van der Waals surface area contributed by atoms with Crippen LogP contribution in [0.25, 0.3) is 10.8 Å². The molecular weight excluding hydrogens is 547 g/mol. The number of rotatable bonds is 4. The third-order valence-corrected chi connectivity index (χ3v) is 5.78. The molecule has 0 atom stereocenters. The Kier molecular flexibility index (Phi) is 6.69. The lowest BCUT2D eigenvalue weighted by Gasteiger charge is -2.21. The highest BCUT2D eigenvalue weighted by Crippen LogP contribution is 2.42. The van der Waals surface area contributed by atoms with E-state index in [9.17, 15) is 35.5 Å². The van der Waals surface area contributed by atoms with Crippen molar-refractivity contribution in [1.29, 1.82) is 0 Å². The lowest BCUT2D eigenvalue weighted by atomic mass is 10.1. The minimum atomic E-state index is -4.74. The highest BCUT2D eigenvalue weighted by molar-refractivity contribution is 6.07. The maximum atomic E-state index is 14.1. The van der Waals surface area contributed by atoms with Crippen molar-refractivity contribution in [3.63, 3.8) is 0 Å². The number of pyridine rings is 1. The van der Waals surface area contributed by atoms with Crippen LogP contribution in [0, 0.1) is 5.82 Å². The van der Waals surface area contributed by atoms with Gasteiger partial charge in [0.15, 0.2) is 11.6 Å². The molecule has 3 aromatic carbocycles. The fraction of sp³-hybridized carbons (Fsp3) is 0.115. The molecule has 0 radical (unpaired) electrons. The van der Waals surface area contributed by atoms with E-state index in [-0.39, 0.29) is 28.7 Å². The zero-order valence-electron chi connectivity index (χ0n) is 19.9. The van der Waals surface area contributed by atoms with Crippen LogP contribution in [0.15, 0.2) is 71.9 Å². The summed E-state index contributed by atoms with van der Waals surface area (Å²) in [6.45, 7) is -0.553. The van der Waals surface area contributed by atoms with Crippen LogP contribution in [0.2, 0.25) is 0 Å². The van der Waals surface area contributed by atoms with E-state index in [0.717, 1.165) is 0 Å². The van der Waals surface area contributed by atoms with Crippen LogP contribution < -0.4 is 20.7 Å². The summed E-state index contributed by atoms with van der Waals surface area (Å²) in [6.07, 6.45) is -8.06. The molecular formula is C26H16F7N5O2. The largest absolute Gasteiger partial charge is 0.454 e. The van der Waals surface area contributed by atoms with Crippen molar-refractivity contribution in [3.05, 3.63) is 78.2 Å². The SMILES string of the molecule is O=C(Nc1cc(C(F)(F)F)ccc1F)Nc1ccc(Oc2ccnc3c2N=C(C(F)(F)F)CN3)c2ccccc12. The number of aromatic nitrogens is 1. The van der Waals surface area contributed by atoms with Crippen molar-refractivity contribution in [2.45, 2.75) is 12.4 Å². The lowest BCUT2D eigenvalue weighted by molar-refractivity contribution is -0.137. The van der Waals surface area contributed by atoms with Gasteiger partial charge in [0.2, 0.25) is 0 Å². The van der Waals surface area contributed by atoms with Gasteiger partial charge >= 0.3 is 18.4 Å². The molecule has 206 valence electrons. The number of benzene rings is 3. The topological polar surface area (TPSA) is 87.6 Å². The van der Waals surface area contributed by atoms with Gasteiger partial charge in [-0.15, -0.1) is 0 Å². The van der Waals surface area contributed by atoms with E-state index in [4.69, 9.17) is 4.74 Å². The van der Waals surface area contributed by atoms with Gasteiger partial charge in [-0.1, -0.05) is 24.3 Å². The molecule has 14 heteroatoms. The van der Waals surface area contributed by atoms with E-state index >= 15 is 0 Å². The summed E-state index contributed by atoms with van der Waals surface area (Å²) in [5, 5.41) is 7.94. The molecule has 2 heterocycles. The molecule has 0 unspecified atom stereocenters. The van der Waals surface area contributed by atoms with Crippen molar-refractivity contribution >= 4 is 45.4 Å². The average molecular weight is 563 g/mol. The third kappa shape index (κ3) is 5.46. The van der Waals surface area contributed by atoms with Crippen molar-refractivity contribution in [2.75, 3.05) is 22.5 Å². The molecule has 0 saturated carbocycles.